The normalized spacial score (nSPS) is 19.4. The lowest BCUT2D eigenvalue weighted by molar-refractivity contribution is -0.129. The molecule has 9 heteroatoms. The molecule has 30 heavy (non-hydrogen) atoms. The lowest BCUT2D eigenvalue weighted by atomic mass is 9.97. The quantitative estimate of drug-likeness (QED) is 0.219. The van der Waals surface area contributed by atoms with Gasteiger partial charge in [-0.25, -0.2) is 5.48 Å². The predicted molar refractivity (Wildman–Crippen MR) is 107 cm³/mol. The third-order valence-corrected chi connectivity index (χ3v) is 4.71. The van der Waals surface area contributed by atoms with Crippen LogP contribution in [0.4, 0.5) is 5.69 Å². The van der Waals surface area contributed by atoms with E-state index in [0.29, 0.717) is 12.8 Å². The van der Waals surface area contributed by atoms with Crippen molar-refractivity contribution in [1.29, 1.82) is 0 Å². The second kappa shape index (κ2) is 11.2. The lowest BCUT2D eigenvalue weighted by Crippen LogP contribution is -2.26. The van der Waals surface area contributed by atoms with Crippen molar-refractivity contribution in [2.75, 3.05) is 5.32 Å². The zero-order valence-corrected chi connectivity index (χ0v) is 16.7. The molecule has 1 saturated heterocycles. The van der Waals surface area contributed by atoms with Crippen molar-refractivity contribution in [1.82, 2.24) is 5.48 Å². The maximum Gasteiger partial charge on any atom is 0.243 e. The molecule has 1 heterocycles. The number of para-hydroxylation sites is 1. The first-order valence-corrected chi connectivity index (χ1v) is 9.76. The van der Waals surface area contributed by atoms with E-state index in [0.717, 1.165) is 31.4 Å². The number of carbonyl (C=O) groups is 4. The number of Topliss-reactive ketones (excluding diaryl/α,β-unsaturated/α-hetero) is 2. The Bertz CT molecular complexity index is 792. The summed E-state index contributed by atoms with van der Waals surface area (Å²) in [5.74, 6) is -1.52. The van der Waals surface area contributed by atoms with E-state index < -0.39 is 23.8 Å². The highest BCUT2D eigenvalue weighted by atomic mass is 16.6. The summed E-state index contributed by atoms with van der Waals surface area (Å²) in [5.41, 5.74) is 2.53. The average Bonchev–Trinajstić information content (AvgIpc) is 3.55. The number of carbonyl (C=O) groups excluding carboxylic acids is 4. The fraction of sp³-hybridized carbons (Fsp3) is 0.429. The van der Waals surface area contributed by atoms with Crippen molar-refractivity contribution in [3.8, 4) is 0 Å². The highest BCUT2D eigenvalue weighted by Crippen LogP contribution is 2.33. The van der Waals surface area contributed by atoms with Gasteiger partial charge in [0.15, 0.2) is 23.8 Å². The number of unbranched alkanes of at least 4 members (excludes halogenated alkanes) is 3. The third-order valence-electron chi connectivity index (χ3n) is 4.71. The Morgan fingerprint density at radius 3 is 2.10 bits per heavy atom. The van der Waals surface area contributed by atoms with Crippen molar-refractivity contribution in [2.24, 2.45) is 0 Å². The van der Waals surface area contributed by atoms with Gasteiger partial charge in [0.2, 0.25) is 17.6 Å². The number of benzene rings is 1. The fourth-order valence-electron chi connectivity index (χ4n) is 2.89. The predicted octanol–water partition coefficient (Wildman–Crippen LogP) is 2.21. The molecule has 2 amide bonds. The standard InChI is InChI=1S/C14H20N2O3.C7H6O4/c17-13(15-12-8-4-3-5-9-12)10-6-1-2-7-11-14(18)16-19;1-2-3(8)5(10)7-6(11-7)4(2)9/h3-5,8-9,19H,1-2,6-7,10-11H2,(H,15,17)(H,16,18);6-8H,1H3/t;6-,7+/m.1/s1. The van der Waals surface area contributed by atoms with E-state index in [-0.39, 0.29) is 23.2 Å². The van der Waals surface area contributed by atoms with Gasteiger partial charge in [0.25, 0.3) is 0 Å². The highest BCUT2D eigenvalue weighted by Gasteiger charge is 2.55. The molecule has 162 valence electrons. The van der Waals surface area contributed by atoms with E-state index in [1.807, 2.05) is 30.3 Å². The lowest BCUT2D eigenvalue weighted by Gasteiger charge is -2.05. The van der Waals surface area contributed by atoms with Crippen LogP contribution < -0.4 is 10.8 Å². The van der Waals surface area contributed by atoms with Crippen LogP contribution in [0.15, 0.2) is 41.7 Å². The zero-order valence-electron chi connectivity index (χ0n) is 16.7. The minimum atomic E-state index is -0.689. The Kier molecular flexibility index (Phi) is 8.70. The number of hydrogen-bond donors (Lipinski definition) is 4. The largest absolute Gasteiger partial charge is 0.504 e. The summed E-state index contributed by atoms with van der Waals surface area (Å²) in [6.45, 7) is 1.42. The summed E-state index contributed by atoms with van der Waals surface area (Å²) in [7, 11) is 0. The Morgan fingerprint density at radius 1 is 0.933 bits per heavy atom. The molecule has 4 N–H and O–H groups in total. The van der Waals surface area contributed by atoms with Crippen LogP contribution in [-0.4, -0.2) is 45.9 Å². The van der Waals surface area contributed by atoms with E-state index in [4.69, 9.17) is 15.1 Å². The van der Waals surface area contributed by atoms with Gasteiger partial charge in [0.1, 0.15) is 0 Å². The number of hydrogen-bond acceptors (Lipinski definition) is 7. The number of aliphatic hydroxyl groups is 1. The van der Waals surface area contributed by atoms with Crippen LogP contribution in [0.3, 0.4) is 0 Å². The number of epoxide rings is 1. The van der Waals surface area contributed by atoms with Crippen LogP contribution in [-0.2, 0) is 23.9 Å². The molecule has 9 nitrogen and oxygen atoms in total. The smallest absolute Gasteiger partial charge is 0.243 e. The van der Waals surface area contributed by atoms with Crippen molar-refractivity contribution in [3.05, 3.63) is 41.7 Å². The average molecular weight is 418 g/mol. The van der Waals surface area contributed by atoms with E-state index in [9.17, 15) is 19.2 Å². The first kappa shape index (κ1) is 23.2. The molecular weight excluding hydrogens is 392 g/mol. The molecular formula is C21H26N2O7. The van der Waals surface area contributed by atoms with Crippen LogP contribution in [0.2, 0.25) is 0 Å². The Morgan fingerprint density at radius 2 is 1.50 bits per heavy atom. The van der Waals surface area contributed by atoms with Gasteiger partial charge in [0, 0.05) is 24.1 Å². The number of amides is 2. The van der Waals surface area contributed by atoms with Crippen molar-refractivity contribution < 1.29 is 34.2 Å². The van der Waals surface area contributed by atoms with Crippen molar-refractivity contribution in [3.63, 3.8) is 0 Å². The molecule has 0 unspecified atom stereocenters. The highest BCUT2D eigenvalue weighted by molar-refractivity contribution is 6.17. The van der Waals surface area contributed by atoms with Gasteiger partial charge in [-0.3, -0.25) is 24.4 Å². The molecule has 0 radical (unpaired) electrons. The van der Waals surface area contributed by atoms with Crippen LogP contribution in [0.5, 0.6) is 0 Å². The number of rotatable bonds is 8. The van der Waals surface area contributed by atoms with Crippen LogP contribution >= 0.6 is 0 Å². The number of fused-ring (bicyclic) bond motifs is 1. The van der Waals surface area contributed by atoms with E-state index >= 15 is 0 Å². The molecule has 0 bridgehead atoms. The summed E-state index contributed by atoms with van der Waals surface area (Å²) in [6.07, 6.45) is 2.84. The summed E-state index contributed by atoms with van der Waals surface area (Å²) in [5, 5.41) is 20.2. The number of aliphatic hydroxyl groups excluding tert-OH is 1. The molecule has 1 fully saturated rings. The minimum absolute atomic E-state index is 0.0132. The molecule has 2 atom stereocenters. The fourth-order valence-corrected chi connectivity index (χ4v) is 2.89. The monoisotopic (exact) mass is 418 g/mol. The third kappa shape index (κ3) is 6.78. The van der Waals surface area contributed by atoms with Gasteiger partial charge in [-0.2, -0.15) is 0 Å². The van der Waals surface area contributed by atoms with Gasteiger partial charge in [0.05, 0.1) is 0 Å². The van der Waals surface area contributed by atoms with E-state index in [2.05, 4.69) is 5.32 Å². The number of hydroxylamine groups is 1. The maximum atomic E-state index is 11.6. The molecule has 1 aliphatic carbocycles. The molecule has 1 aromatic rings. The summed E-state index contributed by atoms with van der Waals surface area (Å²) >= 11 is 0. The van der Waals surface area contributed by atoms with Gasteiger partial charge in [-0.15, -0.1) is 0 Å². The second-order valence-corrected chi connectivity index (χ2v) is 7.04. The summed E-state index contributed by atoms with van der Waals surface area (Å²) < 4.78 is 4.74. The topological polar surface area (TPSA) is 145 Å². The van der Waals surface area contributed by atoms with Crippen LogP contribution in [0.1, 0.15) is 45.4 Å². The van der Waals surface area contributed by atoms with Crippen molar-refractivity contribution >= 4 is 29.1 Å². The molecule has 0 saturated carbocycles. The first-order valence-electron chi connectivity index (χ1n) is 9.76. The molecule has 3 rings (SSSR count). The van der Waals surface area contributed by atoms with Gasteiger partial charge in [-0.05, 0) is 31.9 Å². The summed E-state index contributed by atoms with van der Waals surface area (Å²) in [6, 6.07) is 9.36. The van der Waals surface area contributed by atoms with E-state index in [1.165, 1.54) is 6.92 Å². The molecule has 0 spiro atoms. The SMILES string of the molecule is CC1=C(O)C(=O)[C@@H]2O[C@@H]2C1=O.O=C(CCCCCCC(=O)Nc1ccccc1)NO. The number of anilines is 1. The second-order valence-electron chi connectivity index (χ2n) is 7.04. The molecule has 1 aliphatic heterocycles. The van der Waals surface area contributed by atoms with Crippen LogP contribution in [0, 0.1) is 0 Å². The van der Waals surface area contributed by atoms with Crippen LogP contribution in [0.25, 0.3) is 0 Å². The minimum Gasteiger partial charge on any atom is -0.504 e. The number of ketones is 2. The zero-order chi connectivity index (χ0) is 22.1. The number of ether oxygens (including phenoxy) is 1. The number of nitrogens with one attached hydrogen (secondary N) is 2. The molecule has 0 aromatic heterocycles. The Balaban J connectivity index is 0.000000244. The molecule has 2 aliphatic rings. The van der Waals surface area contributed by atoms with Gasteiger partial charge < -0.3 is 15.2 Å². The maximum absolute atomic E-state index is 11.6. The first-order chi connectivity index (χ1) is 14.3. The van der Waals surface area contributed by atoms with Gasteiger partial charge >= 0.3 is 0 Å². The van der Waals surface area contributed by atoms with Crippen molar-refractivity contribution in [2.45, 2.75) is 57.7 Å². The Labute approximate surface area is 174 Å². The van der Waals surface area contributed by atoms with Gasteiger partial charge in [-0.1, -0.05) is 31.0 Å². The molecule has 1 aromatic carbocycles. The summed E-state index contributed by atoms with van der Waals surface area (Å²) in [4.78, 5) is 44.3. The Hall–Kier alpha value is -3.04. The van der Waals surface area contributed by atoms with E-state index in [1.54, 1.807) is 5.48 Å².